The maximum atomic E-state index is 11.6. The zero-order valence-electron chi connectivity index (χ0n) is 14.6. The molecule has 0 atom stereocenters. The highest BCUT2D eigenvalue weighted by Gasteiger charge is 2.14. The number of carbonyl (C=O) groups is 1. The number of rotatable bonds is 8. The van der Waals surface area contributed by atoms with Crippen LogP contribution in [-0.2, 0) is 21.0 Å². The molecular weight excluding hydrogens is 354 g/mol. The average molecular weight is 374 g/mol. The van der Waals surface area contributed by atoms with Crippen molar-refractivity contribution >= 4 is 23.3 Å². The summed E-state index contributed by atoms with van der Waals surface area (Å²) in [7, 11) is 1.28. The largest absolute Gasteiger partial charge is 0.463 e. The minimum absolute atomic E-state index is 0.0467. The highest BCUT2D eigenvalue weighted by Crippen LogP contribution is 2.29. The van der Waals surface area contributed by atoms with E-state index < -0.39 is 5.97 Å². The Labute approximate surface area is 157 Å². The monoisotopic (exact) mass is 373 g/mol. The van der Waals surface area contributed by atoms with Crippen LogP contribution in [0, 0.1) is 0 Å². The average Bonchev–Trinajstić information content (AvgIpc) is 2.67. The molecule has 0 spiro atoms. The molecule has 6 heteroatoms. The van der Waals surface area contributed by atoms with Crippen LogP contribution in [-0.4, -0.2) is 13.1 Å². The fraction of sp³-hybridized carbons (Fsp3) is 0.150. The summed E-state index contributed by atoms with van der Waals surface area (Å²) in [6.07, 6.45) is 1.50. The number of carbonyl (C=O) groups excluding carboxylic acids is 1. The number of halogens is 1. The Kier molecular flexibility index (Phi) is 7.26. The number of hydroxylamine groups is 1. The lowest BCUT2D eigenvalue weighted by molar-refractivity contribution is -0.138. The van der Waals surface area contributed by atoms with E-state index in [1.807, 2.05) is 30.3 Å². The Hall–Kier alpha value is -2.76. The second-order valence-electron chi connectivity index (χ2n) is 5.25. The van der Waals surface area contributed by atoms with E-state index in [-0.39, 0.29) is 5.76 Å². The van der Waals surface area contributed by atoms with E-state index >= 15 is 0 Å². The number of methoxy groups -OCH3 is 1. The van der Waals surface area contributed by atoms with Crippen molar-refractivity contribution in [1.29, 1.82) is 0 Å². The highest BCUT2D eigenvalue weighted by molar-refractivity contribution is 6.32. The van der Waals surface area contributed by atoms with Gasteiger partial charge in [-0.1, -0.05) is 54.6 Å². The molecule has 26 heavy (non-hydrogen) atoms. The molecule has 0 fully saturated rings. The van der Waals surface area contributed by atoms with Crippen LogP contribution in [0.1, 0.15) is 18.1 Å². The highest BCUT2D eigenvalue weighted by atomic mass is 35.5. The number of ether oxygens (including phenoxy) is 2. The fourth-order valence-corrected chi connectivity index (χ4v) is 2.20. The first-order chi connectivity index (χ1) is 12.5. The van der Waals surface area contributed by atoms with Crippen molar-refractivity contribution in [2.75, 3.05) is 7.11 Å². The Bertz CT molecular complexity index is 803. The van der Waals surface area contributed by atoms with Gasteiger partial charge >= 0.3 is 5.97 Å². The quantitative estimate of drug-likeness (QED) is 0.320. The molecule has 0 bridgehead atoms. The number of nitrogens with one attached hydrogen (secondary N) is 1. The van der Waals surface area contributed by atoms with Gasteiger partial charge in [0.25, 0.3) is 0 Å². The molecule has 0 aliphatic carbocycles. The molecule has 2 rings (SSSR count). The van der Waals surface area contributed by atoms with Gasteiger partial charge in [0.15, 0.2) is 0 Å². The molecule has 0 unspecified atom stereocenters. The fourth-order valence-electron chi connectivity index (χ4n) is 2.05. The third-order valence-electron chi connectivity index (χ3n) is 3.43. The first kappa shape index (κ1) is 19.6. The SMILES string of the molecule is C=C(NOCc1ccccc1)c1ccc(Cl)c(OC(=CC)C(=O)OC)c1. The van der Waals surface area contributed by atoms with Crippen LogP contribution in [0.4, 0.5) is 0 Å². The molecule has 2 aromatic rings. The van der Waals surface area contributed by atoms with Crippen molar-refractivity contribution < 1.29 is 19.1 Å². The van der Waals surface area contributed by atoms with Gasteiger partial charge in [-0.05, 0) is 30.7 Å². The maximum absolute atomic E-state index is 11.6. The molecular formula is C20H20ClNO4. The van der Waals surface area contributed by atoms with Crippen LogP contribution in [0.25, 0.3) is 5.70 Å². The normalized spacial score (nSPS) is 11.0. The van der Waals surface area contributed by atoms with Crippen LogP contribution in [0.3, 0.4) is 0 Å². The minimum atomic E-state index is -0.586. The molecule has 1 N–H and O–H groups in total. The van der Waals surface area contributed by atoms with Gasteiger partial charge in [0.1, 0.15) is 5.75 Å². The van der Waals surface area contributed by atoms with Crippen molar-refractivity contribution in [2.45, 2.75) is 13.5 Å². The standard InChI is InChI=1S/C20H20ClNO4/c1-4-18(20(23)24-3)26-19-12-16(10-11-17(19)21)14(2)22-25-13-15-8-6-5-7-9-15/h4-12,22H,2,13H2,1,3H3. The van der Waals surface area contributed by atoms with Crippen molar-refractivity contribution in [3.05, 3.63) is 83.1 Å². The minimum Gasteiger partial charge on any atom is -0.463 e. The van der Waals surface area contributed by atoms with Crippen LogP contribution >= 0.6 is 11.6 Å². The second kappa shape index (κ2) is 9.65. The van der Waals surface area contributed by atoms with E-state index in [4.69, 9.17) is 21.2 Å². The summed E-state index contributed by atoms with van der Waals surface area (Å²) >= 11 is 6.15. The molecule has 0 radical (unpaired) electrons. The Morgan fingerprint density at radius 2 is 1.96 bits per heavy atom. The second-order valence-corrected chi connectivity index (χ2v) is 5.65. The van der Waals surface area contributed by atoms with Crippen LogP contribution in [0.5, 0.6) is 5.75 Å². The molecule has 0 aromatic heterocycles. The van der Waals surface area contributed by atoms with Crippen molar-refractivity contribution in [1.82, 2.24) is 5.48 Å². The summed E-state index contributed by atoms with van der Waals surface area (Å²) < 4.78 is 10.2. The van der Waals surface area contributed by atoms with E-state index in [0.717, 1.165) is 5.56 Å². The molecule has 0 amide bonds. The van der Waals surface area contributed by atoms with Gasteiger partial charge in [0, 0.05) is 5.56 Å². The number of esters is 1. The Morgan fingerprint density at radius 3 is 2.62 bits per heavy atom. The lowest BCUT2D eigenvalue weighted by Crippen LogP contribution is -2.13. The van der Waals surface area contributed by atoms with E-state index in [2.05, 4.69) is 16.8 Å². The van der Waals surface area contributed by atoms with Crippen molar-refractivity contribution in [3.63, 3.8) is 0 Å². The summed E-state index contributed by atoms with van der Waals surface area (Å²) in [5.41, 5.74) is 5.06. The van der Waals surface area contributed by atoms with Crippen molar-refractivity contribution in [3.8, 4) is 5.75 Å². The molecule has 0 aliphatic rings. The van der Waals surface area contributed by atoms with E-state index in [1.165, 1.54) is 13.2 Å². The Balaban J connectivity index is 2.03. The van der Waals surface area contributed by atoms with Crippen molar-refractivity contribution in [2.24, 2.45) is 0 Å². The topological polar surface area (TPSA) is 56.8 Å². The number of allylic oxidation sites excluding steroid dienone is 1. The first-order valence-electron chi connectivity index (χ1n) is 7.88. The van der Waals surface area contributed by atoms with Gasteiger partial charge in [-0.25, -0.2) is 4.79 Å². The summed E-state index contributed by atoms with van der Waals surface area (Å²) in [6.45, 7) is 6.00. The summed E-state index contributed by atoms with van der Waals surface area (Å²) in [5, 5.41) is 0.356. The van der Waals surface area contributed by atoms with Gasteiger partial charge in [-0.3, -0.25) is 10.3 Å². The summed E-state index contributed by atoms with van der Waals surface area (Å²) in [6, 6.07) is 14.8. The molecule has 136 valence electrons. The van der Waals surface area contributed by atoms with Gasteiger partial charge < -0.3 is 9.47 Å². The van der Waals surface area contributed by atoms with Gasteiger partial charge in [-0.15, -0.1) is 0 Å². The number of benzene rings is 2. The van der Waals surface area contributed by atoms with E-state index in [0.29, 0.717) is 28.6 Å². The zero-order chi connectivity index (χ0) is 18.9. The smallest absolute Gasteiger partial charge is 0.373 e. The molecule has 0 saturated carbocycles. The van der Waals surface area contributed by atoms with Gasteiger partial charge in [0.05, 0.1) is 24.4 Å². The van der Waals surface area contributed by atoms with E-state index in [1.54, 1.807) is 25.1 Å². The first-order valence-corrected chi connectivity index (χ1v) is 8.26. The molecule has 2 aromatic carbocycles. The van der Waals surface area contributed by atoms with E-state index in [9.17, 15) is 4.79 Å². The number of hydrogen-bond donors (Lipinski definition) is 1. The maximum Gasteiger partial charge on any atom is 0.373 e. The zero-order valence-corrected chi connectivity index (χ0v) is 15.4. The van der Waals surface area contributed by atoms with Gasteiger partial charge in [-0.2, -0.15) is 0 Å². The Morgan fingerprint density at radius 1 is 1.23 bits per heavy atom. The molecule has 0 heterocycles. The van der Waals surface area contributed by atoms with Crippen LogP contribution in [0.2, 0.25) is 5.02 Å². The third-order valence-corrected chi connectivity index (χ3v) is 3.74. The molecule has 0 saturated heterocycles. The summed E-state index contributed by atoms with van der Waals surface area (Å²) in [4.78, 5) is 17.1. The molecule has 0 aliphatic heterocycles. The predicted octanol–water partition coefficient (Wildman–Crippen LogP) is 4.49. The third kappa shape index (κ3) is 5.37. The van der Waals surface area contributed by atoms with Crippen LogP contribution in [0.15, 0.2) is 66.9 Å². The van der Waals surface area contributed by atoms with Crippen LogP contribution < -0.4 is 10.2 Å². The predicted molar refractivity (Wildman–Crippen MR) is 101 cm³/mol. The lowest BCUT2D eigenvalue weighted by atomic mass is 10.1. The number of hydrogen-bond acceptors (Lipinski definition) is 5. The molecule has 5 nitrogen and oxygen atoms in total. The van der Waals surface area contributed by atoms with Gasteiger partial charge in [0.2, 0.25) is 5.76 Å². The summed E-state index contributed by atoms with van der Waals surface area (Å²) in [5.74, 6) is -0.226. The lowest BCUT2D eigenvalue weighted by Gasteiger charge is -2.13.